The Hall–Kier alpha value is -4.76. The number of alkyl halides is 4. The van der Waals surface area contributed by atoms with Gasteiger partial charge >= 0.3 is 25.0 Å². The Morgan fingerprint density at radius 1 is 1.16 bits per heavy atom. The summed E-state index contributed by atoms with van der Waals surface area (Å²) in [6.45, 7) is -5.67. The number of nitrogens with one attached hydrogen (secondary N) is 1. The summed E-state index contributed by atoms with van der Waals surface area (Å²) < 4.78 is 63.3. The summed E-state index contributed by atoms with van der Waals surface area (Å²) in [4.78, 5) is 22.3. The first kappa shape index (κ1) is 22.7. The Bertz CT molecular complexity index is 1590. The number of aromatic nitrogens is 8. The van der Waals surface area contributed by atoms with Crippen LogP contribution < -0.4 is 4.74 Å². The first-order valence-corrected chi connectivity index (χ1v) is 10.8. The predicted octanol–water partition coefficient (Wildman–Crippen LogP) is 3.09. The summed E-state index contributed by atoms with van der Waals surface area (Å²) in [6, 6.07) is 4.84. The molecule has 12 nitrogen and oxygen atoms in total. The molecule has 37 heavy (non-hydrogen) atoms. The van der Waals surface area contributed by atoms with E-state index in [2.05, 4.69) is 35.1 Å². The lowest BCUT2D eigenvalue weighted by molar-refractivity contribution is -0.0490. The Kier molecular flexibility index (Phi) is 5.35. The molecule has 1 N–H and O–H groups in total. The number of fused-ring (bicyclic) bond motifs is 2. The topological polar surface area (TPSA) is 132 Å². The molecule has 6 heterocycles. The maximum atomic E-state index is 13.5. The molecule has 0 radical (unpaired) electrons. The van der Waals surface area contributed by atoms with Crippen LogP contribution in [0.5, 0.6) is 5.75 Å². The van der Waals surface area contributed by atoms with E-state index < -0.39 is 31.0 Å². The van der Waals surface area contributed by atoms with Crippen LogP contribution in [0.2, 0.25) is 0 Å². The molecule has 0 saturated carbocycles. The van der Waals surface area contributed by atoms with Gasteiger partial charge in [0.05, 0.1) is 17.7 Å². The van der Waals surface area contributed by atoms with E-state index in [9.17, 15) is 22.4 Å². The average Bonchev–Trinajstić information content (AvgIpc) is 3.67. The van der Waals surface area contributed by atoms with Crippen LogP contribution in [0.4, 0.5) is 17.6 Å². The number of carbonyl (C=O) groups excluding carboxylic acids is 1. The summed E-state index contributed by atoms with van der Waals surface area (Å²) in [6.07, 6.45) is 4.52. The van der Waals surface area contributed by atoms with Crippen LogP contribution in [0.15, 0.2) is 47.4 Å². The van der Waals surface area contributed by atoms with Crippen molar-refractivity contribution in [1.29, 1.82) is 0 Å². The number of amides is 1. The highest BCUT2D eigenvalue weighted by Gasteiger charge is 2.38. The highest BCUT2D eigenvalue weighted by molar-refractivity contribution is 5.90. The van der Waals surface area contributed by atoms with E-state index in [0.717, 1.165) is 11.9 Å². The van der Waals surface area contributed by atoms with Crippen LogP contribution in [-0.4, -0.2) is 63.5 Å². The van der Waals surface area contributed by atoms with Gasteiger partial charge < -0.3 is 19.0 Å². The van der Waals surface area contributed by atoms with Gasteiger partial charge in [0.25, 0.3) is 5.89 Å². The fourth-order valence-electron chi connectivity index (χ4n) is 4.23. The zero-order chi connectivity index (χ0) is 25.7. The maximum Gasteiger partial charge on any atom is 0.387 e. The fourth-order valence-corrected chi connectivity index (χ4v) is 4.23. The first-order chi connectivity index (χ1) is 17.9. The predicted molar refractivity (Wildman–Crippen MR) is 114 cm³/mol. The highest BCUT2D eigenvalue weighted by Crippen LogP contribution is 2.35. The number of pyridine rings is 1. The van der Waals surface area contributed by atoms with E-state index in [1.54, 1.807) is 6.20 Å². The van der Waals surface area contributed by atoms with Crippen LogP contribution in [0, 0.1) is 0 Å². The van der Waals surface area contributed by atoms with Crippen LogP contribution in [-0.2, 0) is 6.42 Å². The Labute approximate surface area is 203 Å². The van der Waals surface area contributed by atoms with Crippen molar-refractivity contribution in [2.75, 3.05) is 6.54 Å². The minimum absolute atomic E-state index is 0.0245. The number of carbonyl (C=O) groups is 1. The van der Waals surface area contributed by atoms with Gasteiger partial charge in [-0.25, -0.2) is 14.2 Å². The molecule has 0 aliphatic carbocycles. The molecule has 1 aliphatic rings. The normalized spacial score (nSPS) is 15.6. The molecule has 190 valence electrons. The average molecular weight is 517 g/mol. The quantitative estimate of drug-likeness (QED) is 0.340. The van der Waals surface area contributed by atoms with Crippen molar-refractivity contribution in [2.24, 2.45) is 0 Å². The number of ether oxygens (including phenoxy) is 1. The number of hydrogen-bond acceptors (Lipinski definition) is 8. The van der Waals surface area contributed by atoms with E-state index in [1.165, 1.54) is 40.0 Å². The van der Waals surface area contributed by atoms with Crippen molar-refractivity contribution in [2.45, 2.75) is 25.6 Å². The molecule has 16 heteroatoms. The summed E-state index contributed by atoms with van der Waals surface area (Å²) in [7, 11) is 0. The van der Waals surface area contributed by atoms with Gasteiger partial charge in [-0.2, -0.15) is 27.8 Å². The molecule has 6 rings (SSSR count). The van der Waals surface area contributed by atoms with Crippen LogP contribution in [0.1, 0.15) is 40.4 Å². The monoisotopic (exact) mass is 517 g/mol. The highest BCUT2D eigenvalue weighted by atomic mass is 19.3. The number of H-pyrrole nitrogens is 1. The van der Waals surface area contributed by atoms with Gasteiger partial charge in [0.1, 0.15) is 17.3 Å². The lowest BCUT2D eigenvalue weighted by atomic mass is 9.99. The Morgan fingerprint density at radius 2 is 2.03 bits per heavy atom. The van der Waals surface area contributed by atoms with Gasteiger partial charge in [0.2, 0.25) is 0 Å². The molecule has 0 unspecified atom stereocenters. The van der Waals surface area contributed by atoms with Gasteiger partial charge in [0, 0.05) is 31.1 Å². The molecule has 1 atom stereocenters. The second-order valence-electron chi connectivity index (χ2n) is 7.94. The van der Waals surface area contributed by atoms with Crippen molar-refractivity contribution >= 4 is 11.4 Å². The van der Waals surface area contributed by atoms with Crippen molar-refractivity contribution in [3.8, 4) is 17.3 Å². The third kappa shape index (κ3) is 3.95. The Balaban J connectivity index is 1.37. The molecular formula is C21H15F4N9O3. The fraction of sp³-hybridized carbons (Fsp3) is 0.238. The van der Waals surface area contributed by atoms with E-state index in [4.69, 9.17) is 4.42 Å². The largest absolute Gasteiger partial charge is 0.433 e. The van der Waals surface area contributed by atoms with Gasteiger partial charge in [0.15, 0.2) is 5.75 Å². The molecule has 1 aliphatic heterocycles. The number of nitrogens with zero attached hydrogens (tertiary/aromatic N) is 8. The molecule has 5 aromatic heterocycles. The van der Waals surface area contributed by atoms with E-state index >= 15 is 0 Å². The van der Waals surface area contributed by atoms with Crippen molar-refractivity contribution in [3.05, 3.63) is 66.0 Å². The summed E-state index contributed by atoms with van der Waals surface area (Å²) in [5.74, 6) is -1.35. The molecule has 0 bridgehead atoms. The minimum atomic E-state index is -3.03. The lowest BCUT2D eigenvalue weighted by Crippen LogP contribution is -2.41. The minimum Gasteiger partial charge on any atom is -0.433 e. The molecule has 0 fully saturated rings. The van der Waals surface area contributed by atoms with E-state index in [1.807, 2.05) is 0 Å². The number of aromatic amines is 1. The standard InChI is InChI=1S/C21H15F4N9O3/c22-20(23)34-7-4-11(30-34)17-28-29-18(37-17)19(35)32-6-3-10-15(27-9-26-10)16(32)12-8-13-14(36-21(24)25)2-1-5-33(13)31-12/h1-2,4-5,7-9,16,20-21H,3,6H2,(H,26,27)/t16-/m0/s1. The number of hydrogen-bond donors (Lipinski definition) is 1. The van der Waals surface area contributed by atoms with Crippen molar-refractivity contribution < 1.29 is 31.5 Å². The van der Waals surface area contributed by atoms with E-state index in [-0.39, 0.29) is 29.4 Å². The number of halogens is 4. The van der Waals surface area contributed by atoms with Crippen LogP contribution in [0.25, 0.3) is 17.1 Å². The van der Waals surface area contributed by atoms with Gasteiger partial charge in [-0.3, -0.25) is 4.79 Å². The zero-order valence-corrected chi connectivity index (χ0v) is 18.5. The van der Waals surface area contributed by atoms with Crippen LogP contribution >= 0.6 is 0 Å². The molecule has 0 spiro atoms. The summed E-state index contributed by atoms with van der Waals surface area (Å²) in [5.41, 5.74) is 1.86. The zero-order valence-electron chi connectivity index (χ0n) is 18.5. The SMILES string of the molecule is O=C(c1nnc(-c2ccn(C(F)F)n2)o1)N1CCc2[nH]cnc2[C@@H]1c1cc2c(OC(F)F)cccn2n1. The first-order valence-electron chi connectivity index (χ1n) is 10.8. The third-order valence-corrected chi connectivity index (χ3v) is 5.80. The van der Waals surface area contributed by atoms with Gasteiger partial charge in [-0.1, -0.05) is 0 Å². The maximum absolute atomic E-state index is 13.5. The second-order valence-corrected chi connectivity index (χ2v) is 7.94. The molecule has 0 saturated heterocycles. The Morgan fingerprint density at radius 3 is 2.81 bits per heavy atom. The van der Waals surface area contributed by atoms with Gasteiger partial charge in [-0.05, 0) is 24.3 Å². The third-order valence-electron chi connectivity index (χ3n) is 5.80. The van der Waals surface area contributed by atoms with Crippen LogP contribution in [0.3, 0.4) is 0 Å². The molecule has 0 aromatic carbocycles. The van der Waals surface area contributed by atoms with Crippen molar-refractivity contribution in [1.82, 2.24) is 44.5 Å². The van der Waals surface area contributed by atoms with Crippen molar-refractivity contribution in [3.63, 3.8) is 0 Å². The molecular weight excluding hydrogens is 502 g/mol. The summed E-state index contributed by atoms with van der Waals surface area (Å²) >= 11 is 0. The number of rotatable bonds is 6. The van der Waals surface area contributed by atoms with E-state index in [0.29, 0.717) is 22.5 Å². The summed E-state index contributed by atoms with van der Waals surface area (Å²) in [5, 5.41) is 15.7. The van der Waals surface area contributed by atoms with Gasteiger partial charge in [-0.15, -0.1) is 10.2 Å². The molecule has 1 amide bonds. The lowest BCUT2D eigenvalue weighted by Gasteiger charge is -2.32. The smallest absolute Gasteiger partial charge is 0.387 e. The number of imidazole rings is 1. The molecule has 5 aromatic rings. The second kappa shape index (κ2) is 8.72.